The van der Waals surface area contributed by atoms with E-state index in [0.29, 0.717) is 12.7 Å². The maximum Gasteiger partial charge on any atom is 0.106 e. The van der Waals surface area contributed by atoms with E-state index in [4.69, 9.17) is 9.47 Å². The summed E-state index contributed by atoms with van der Waals surface area (Å²) in [5.74, 6) is 0. The smallest absolute Gasteiger partial charge is 0.106 e. The predicted molar refractivity (Wildman–Crippen MR) is 72.7 cm³/mol. The second kappa shape index (κ2) is 7.52. The molecule has 0 unspecified atom stereocenters. The van der Waals surface area contributed by atoms with Crippen LogP contribution in [0.2, 0.25) is 0 Å². The minimum Gasteiger partial charge on any atom is -0.375 e. The molecule has 1 aromatic carbocycles. The van der Waals surface area contributed by atoms with Crippen molar-refractivity contribution >= 4 is 0 Å². The summed E-state index contributed by atoms with van der Waals surface area (Å²) in [7, 11) is 0. The Kier molecular flexibility index (Phi) is 5.65. The number of benzene rings is 1. The molecule has 1 aliphatic rings. The molecule has 0 aliphatic carbocycles. The second-order valence-electron chi connectivity index (χ2n) is 4.64. The first-order valence-corrected chi connectivity index (χ1v) is 6.89. The Bertz CT molecular complexity index is 323. The molecule has 0 spiro atoms. The number of ether oxygens (including phenoxy) is 2. The zero-order chi connectivity index (χ0) is 12.6. The highest BCUT2D eigenvalue weighted by molar-refractivity contribution is 5.17. The van der Waals surface area contributed by atoms with Gasteiger partial charge in [-0.3, -0.25) is 0 Å². The van der Waals surface area contributed by atoms with Crippen molar-refractivity contribution in [1.29, 1.82) is 0 Å². The van der Waals surface area contributed by atoms with Crippen LogP contribution >= 0.6 is 0 Å². The molecule has 1 aromatic rings. The van der Waals surface area contributed by atoms with Gasteiger partial charge in [0, 0.05) is 6.61 Å². The van der Waals surface area contributed by atoms with Gasteiger partial charge in [0.15, 0.2) is 0 Å². The van der Waals surface area contributed by atoms with Gasteiger partial charge in [0.1, 0.15) is 6.10 Å². The second-order valence-corrected chi connectivity index (χ2v) is 4.64. The van der Waals surface area contributed by atoms with Crippen molar-refractivity contribution in [3.05, 3.63) is 35.9 Å². The summed E-state index contributed by atoms with van der Waals surface area (Å²) in [5.41, 5.74) is 1.20. The third kappa shape index (κ3) is 4.09. The van der Waals surface area contributed by atoms with E-state index in [1.807, 2.05) is 25.1 Å². The molecule has 0 radical (unpaired) electrons. The quantitative estimate of drug-likeness (QED) is 0.840. The normalized spacial score (nSPS) is 18.7. The Morgan fingerprint density at radius 3 is 2.61 bits per heavy atom. The lowest BCUT2D eigenvalue weighted by Gasteiger charge is -2.25. The lowest BCUT2D eigenvalue weighted by Crippen LogP contribution is -2.33. The van der Waals surface area contributed by atoms with Crippen molar-refractivity contribution in [1.82, 2.24) is 5.32 Å². The Morgan fingerprint density at radius 2 is 1.94 bits per heavy atom. The van der Waals surface area contributed by atoms with Crippen LogP contribution in [0.4, 0.5) is 0 Å². The number of piperidine rings is 1. The van der Waals surface area contributed by atoms with Gasteiger partial charge in [0.05, 0.1) is 12.7 Å². The van der Waals surface area contributed by atoms with Crippen LogP contribution in [0.3, 0.4) is 0 Å². The van der Waals surface area contributed by atoms with E-state index in [-0.39, 0.29) is 6.10 Å². The summed E-state index contributed by atoms with van der Waals surface area (Å²) in [4.78, 5) is 0. The molecule has 1 saturated heterocycles. The van der Waals surface area contributed by atoms with E-state index in [2.05, 4.69) is 17.4 Å². The summed E-state index contributed by atoms with van der Waals surface area (Å²) in [6, 6.07) is 10.3. The summed E-state index contributed by atoms with van der Waals surface area (Å²) in [6.07, 6.45) is 2.66. The third-order valence-electron chi connectivity index (χ3n) is 3.31. The maximum absolute atomic E-state index is 5.99. The summed E-state index contributed by atoms with van der Waals surface area (Å²) in [6.45, 7) is 5.53. The third-order valence-corrected chi connectivity index (χ3v) is 3.31. The predicted octanol–water partition coefficient (Wildman–Crippen LogP) is 2.53. The van der Waals surface area contributed by atoms with Gasteiger partial charge >= 0.3 is 0 Å². The lowest BCUT2D eigenvalue weighted by molar-refractivity contribution is -0.0500. The van der Waals surface area contributed by atoms with Gasteiger partial charge in [-0.1, -0.05) is 30.3 Å². The van der Waals surface area contributed by atoms with Crippen LogP contribution < -0.4 is 5.32 Å². The Balaban J connectivity index is 1.86. The zero-order valence-corrected chi connectivity index (χ0v) is 11.1. The highest BCUT2D eigenvalue weighted by atomic mass is 16.5. The summed E-state index contributed by atoms with van der Waals surface area (Å²) >= 11 is 0. The molecule has 1 atom stereocenters. The Morgan fingerprint density at radius 1 is 1.22 bits per heavy atom. The van der Waals surface area contributed by atoms with E-state index in [1.54, 1.807) is 0 Å². The zero-order valence-electron chi connectivity index (χ0n) is 11.1. The number of hydrogen-bond acceptors (Lipinski definition) is 3. The number of hydrogen-bond donors (Lipinski definition) is 1. The average molecular weight is 249 g/mol. The fourth-order valence-corrected chi connectivity index (χ4v) is 2.30. The molecular formula is C15H23NO2. The molecule has 18 heavy (non-hydrogen) atoms. The average Bonchev–Trinajstić information content (AvgIpc) is 2.45. The topological polar surface area (TPSA) is 30.5 Å². The van der Waals surface area contributed by atoms with Crippen molar-refractivity contribution < 1.29 is 9.47 Å². The molecule has 0 saturated carbocycles. The van der Waals surface area contributed by atoms with Gasteiger partial charge in [-0.15, -0.1) is 0 Å². The van der Waals surface area contributed by atoms with Gasteiger partial charge in [-0.25, -0.2) is 0 Å². The first-order valence-electron chi connectivity index (χ1n) is 6.89. The standard InChI is InChI=1S/C15H23NO2/c1-2-17-15(13-6-4-3-5-7-13)12-18-14-8-10-16-11-9-14/h3-7,14-16H,2,8-12H2,1H3/t15-/m0/s1. The first-order chi connectivity index (χ1) is 8.90. The summed E-state index contributed by atoms with van der Waals surface area (Å²) < 4.78 is 11.8. The van der Waals surface area contributed by atoms with Crippen LogP contribution in [-0.2, 0) is 9.47 Å². The Labute approximate surface area is 109 Å². The first kappa shape index (κ1) is 13.5. The van der Waals surface area contributed by atoms with Crippen LogP contribution in [0.15, 0.2) is 30.3 Å². The molecule has 1 heterocycles. The molecular weight excluding hydrogens is 226 g/mol. The molecule has 2 rings (SSSR count). The molecule has 3 nitrogen and oxygen atoms in total. The van der Waals surface area contributed by atoms with Crippen LogP contribution in [0.1, 0.15) is 31.4 Å². The SMILES string of the molecule is CCO[C@@H](COC1CCNCC1)c1ccccc1. The minimum absolute atomic E-state index is 0.0612. The van der Waals surface area contributed by atoms with Gasteiger partial charge in [0.25, 0.3) is 0 Å². The highest BCUT2D eigenvalue weighted by Gasteiger charge is 2.17. The van der Waals surface area contributed by atoms with E-state index in [1.165, 1.54) is 5.56 Å². The van der Waals surface area contributed by atoms with Crippen LogP contribution in [0.25, 0.3) is 0 Å². The molecule has 1 N–H and O–H groups in total. The van der Waals surface area contributed by atoms with Crippen molar-refractivity contribution in [3.63, 3.8) is 0 Å². The van der Waals surface area contributed by atoms with Gasteiger partial charge < -0.3 is 14.8 Å². The monoisotopic (exact) mass is 249 g/mol. The maximum atomic E-state index is 5.99. The van der Waals surface area contributed by atoms with Gasteiger partial charge in [-0.2, -0.15) is 0 Å². The summed E-state index contributed by atoms with van der Waals surface area (Å²) in [5, 5.41) is 3.35. The van der Waals surface area contributed by atoms with Crippen molar-refractivity contribution in [2.75, 3.05) is 26.3 Å². The van der Waals surface area contributed by atoms with Crippen molar-refractivity contribution in [2.24, 2.45) is 0 Å². The van der Waals surface area contributed by atoms with Crippen LogP contribution in [0, 0.1) is 0 Å². The molecule has 1 fully saturated rings. The molecule has 3 heteroatoms. The molecule has 0 bridgehead atoms. The molecule has 0 amide bonds. The fourth-order valence-electron chi connectivity index (χ4n) is 2.30. The molecule has 1 aliphatic heterocycles. The molecule has 0 aromatic heterocycles. The van der Waals surface area contributed by atoms with E-state index < -0.39 is 0 Å². The Hall–Kier alpha value is -0.900. The van der Waals surface area contributed by atoms with Gasteiger partial charge in [-0.05, 0) is 38.4 Å². The fraction of sp³-hybridized carbons (Fsp3) is 0.600. The number of nitrogens with one attached hydrogen (secondary N) is 1. The van der Waals surface area contributed by atoms with Crippen LogP contribution in [0.5, 0.6) is 0 Å². The van der Waals surface area contributed by atoms with Crippen molar-refractivity contribution in [2.45, 2.75) is 32.0 Å². The minimum atomic E-state index is 0.0612. The number of rotatable bonds is 6. The highest BCUT2D eigenvalue weighted by Crippen LogP contribution is 2.19. The van der Waals surface area contributed by atoms with Crippen molar-refractivity contribution in [3.8, 4) is 0 Å². The van der Waals surface area contributed by atoms with E-state index in [9.17, 15) is 0 Å². The van der Waals surface area contributed by atoms with Gasteiger partial charge in [0.2, 0.25) is 0 Å². The molecule has 100 valence electrons. The van der Waals surface area contributed by atoms with E-state index in [0.717, 1.165) is 32.5 Å². The lowest BCUT2D eigenvalue weighted by atomic mass is 10.1. The van der Waals surface area contributed by atoms with E-state index >= 15 is 0 Å². The largest absolute Gasteiger partial charge is 0.375 e. The van der Waals surface area contributed by atoms with Crippen LogP contribution in [-0.4, -0.2) is 32.4 Å².